The lowest BCUT2D eigenvalue weighted by molar-refractivity contribution is -0.0434. The van der Waals surface area contributed by atoms with Crippen LogP contribution < -0.4 is 0 Å². The van der Waals surface area contributed by atoms with Crippen LogP contribution in [0.15, 0.2) is 42.0 Å². The van der Waals surface area contributed by atoms with Gasteiger partial charge in [-0.1, -0.05) is 41.6 Å². The summed E-state index contributed by atoms with van der Waals surface area (Å²) in [5.74, 6) is 0. The van der Waals surface area contributed by atoms with Crippen molar-refractivity contribution in [3.8, 4) is 11.3 Å². The van der Waals surface area contributed by atoms with Gasteiger partial charge in [-0.15, -0.1) is 5.10 Å². The van der Waals surface area contributed by atoms with Crippen molar-refractivity contribution in [1.82, 2.24) is 15.0 Å². The van der Waals surface area contributed by atoms with E-state index in [4.69, 9.17) is 4.74 Å². The van der Waals surface area contributed by atoms with Gasteiger partial charge >= 0.3 is 0 Å². The SMILES string of the molecule is CC(C)(C)OC1Cc2ccccc2-c2nnn(C(C)(C)C)c2C2=C1CCC=C2. The third kappa shape index (κ3) is 3.46. The molecule has 4 heteroatoms. The van der Waals surface area contributed by atoms with E-state index in [-0.39, 0.29) is 17.2 Å². The largest absolute Gasteiger partial charge is 0.368 e. The summed E-state index contributed by atoms with van der Waals surface area (Å²) >= 11 is 0. The zero-order valence-electron chi connectivity index (χ0n) is 17.9. The van der Waals surface area contributed by atoms with Crippen molar-refractivity contribution in [2.45, 2.75) is 78.0 Å². The van der Waals surface area contributed by atoms with Crippen LogP contribution >= 0.6 is 0 Å². The highest BCUT2D eigenvalue weighted by Crippen LogP contribution is 2.42. The molecule has 4 rings (SSSR count). The molecule has 0 spiro atoms. The van der Waals surface area contributed by atoms with E-state index in [0.29, 0.717) is 0 Å². The maximum absolute atomic E-state index is 6.62. The summed E-state index contributed by atoms with van der Waals surface area (Å²) in [5, 5.41) is 9.26. The number of hydrogen-bond acceptors (Lipinski definition) is 3. The van der Waals surface area contributed by atoms with Crippen LogP contribution in [-0.4, -0.2) is 26.7 Å². The highest BCUT2D eigenvalue weighted by atomic mass is 16.5. The van der Waals surface area contributed by atoms with Gasteiger partial charge in [0.1, 0.15) is 5.69 Å². The van der Waals surface area contributed by atoms with E-state index in [1.54, 1.807) is 0 Å². The van der Waals surface area contributed by atoms with Crippen molar-refractivity contribution in [2.75, 3.05) is 0 Å². The number of hydrogen-bond donors (Lipinski definition) is 0. The Bertz CT molecular complexity index is 951. The summed E-state index contributed by atoms with van der Waals surface area (Å²) in [6.07, 6.45) is 7.51. The molecule has 0 amide bonds. The van der Waals surface area contributed by atoms with Crippen LogP contribution in [0, 0.1) is 0 Å². The van der Waals surface area contributed by atoms with Gasteiger partial charge in [-0.3, -0.25) is 0 Å². The van der Waals surface area contributed by atoms with Gasteiger partial charge in [0.05, 0.1) is 22.9 Å². The molecule has 1 aromatic carbocycles. The number of ether oxygens (including phenoxy) is 1. The predicted molar refractivity (Wildman–Crippen MR) is 114 cm³/mol. The first-order chi connectivity index (χ1) is 13.1. The molecule has 2 aromatic rings. The fourth-order valence-electron chi connectivity index (χ4n) is 4.21. The van der Waals surface area contributed by atoms with Gasteiger partial charge in [-0.25, -0.2) is 4.68 Å². The van der Waals surface area contributed by atoms with Gasteiger partial charge in [0, 0.05) is 17.6 Å². The average molecular weight is 378 g/mol. The number of benzene rings is 1. The Kier molecular flexibility index (Phi) is 4.58. The third-order valence-electron chi connectivity index (χ3n) is 5.33. The molecule has 4 nitrogen and oxygen atoms in total. The first kappa shape index (κ1) is 19.1. The third-order valence-corrected chi connectivity index (χ3v) is 5.33. The van der Waals surface area contributed by atoms with Crippen LogP contribution in [0.1, 0.15) is 65.6 Å². The Morgan fingerprint density at radius 2 is 1.82 bits per heavy atom. The highest BCUT2D eigenvalue weighted by Gasteiger charge is 2.34. The van der Waals surface area contributed by atoms with Crippen LogP contribution in [0.5, 0.6) is 0 Å². The second kappa shape index (κ2) is 6.70. The van der Waals surface area contributed by atoms with E-state index in [1.807, 2.05) is 0 Å². The fourth-order valence-corrected chi connectivity index (χ4v) is 4.21. The molecule has 1 atom stereocenters. The Morgan fingerprint density at radius 1 is 1.07 bits per heavy atom. The first-order valence-electron chi connectivity index (χ1n) is 10.3. The van der Waals surface area contributed by atoms with Gasteiger partial charge in [0.15, 0.2) is 0 Å². The number of fused-ring (bicyclic) bond motifs is 4. The summed E-state index contributed by atoms with van der Waals surface area (Å²) in [5.41, 5.74) is 6.81. The first-order valence-corrected chi connectivity index (χ1v) is 10.3. The smallest absolute Gasteiger partial charge is 0.121 e. The van der Waals surface area contributed by atoms with Gasteiger partial charge in [-0.05, 0) is 65.5 Å². The number of allylic oxidation sites excluding steroid dienone is 3. The molecule has 1 aromatic heterocycles. The molecule has 0 saturated carbocycles. The minimum Gasteiger partial charge on any atom is -0.368 e. The summed E-state index contributed by atoms with van der Waals surface area (Å²) in [6, 6.07) is 8.57. The van der Waals surface area contributed by atoms with Crippen molar-refractivity contribution in [3.05, 3.63) is 53.2 Å². The second-order valence-corrected chi connectivity index (χ2v) is 9.83. The topological polar surface area (TPSA) is 39.9 Å². The molecule has 0 fully saturated rings. The maximum Gasteiger partial charge on any atom is 0.121 e. The second-order valence-electron chi connectivity index (χ2n) is 9.83. The Balaban J connectivity index is 2.02. The zero-order chi connectivity index (χ0) is 20.1. The van der Waals surface area contributed by atoms with E-state index < -0.39 is 0 Å². The van der Waals surface area contributed by atoms with E-state index in [9.17, 15) is 0 Å². The molecule has 2 aliphatic rings. The van der Waals surface area contributed by atoms with Crippen LogP contribution in [-0.2, 0) is 16.7 Å². The molecule has 0 radical (unpaired) electrons. The summed E-state index contributed by atoms with van der Waals surface area (Å²) < 4.78 is 8.70. The van der Waals surface area contributed by atoms with Gasteiger partial charge in [-0.2, -0.15) is 0 Å². The Morgan fingerprint density at radius 3 is 2.54 bits per heavy atom. The number of nitrogens with zero attached hydrogens (tertiary/aromatic N) is 3. The van der Waals surface area contributed by atoms with Crippen LogP contribution in [0.2, 0.25) is 0 Å². The highest BCUT2D eigenvalue weighted by molar-refractivity contribution is 5.86. The normalized spacial score (nSPS) is 19.6. The lowest BCUT2D eigenvalue weighted by Crippen LogP contribution is -2.33. The number of aromatic nitrogens is 3. The molecule has 0 aliphatic heterocycles. The minimum absolute atomic E-state index is 0.0533. The van der Waals surface area contributed by atoms with Gasteiger partial charge < -0.3 is 4.74 Å². The van der Waals surface area contributed by atoms with Crippen LogP contribution in [0.4, 0.5) is 0 Å². The molecule has 2 aliphatic carbocycles. The quantitative estimate of drug-likeness (QED) is 0.655. The molecule has 0 bridgehead atoms. The van der Waals surface area contributed by atoms with Crippen molar-refractivity contribution >= 4 is 5.57 Å². The average Bonchev–Trinajstić information content (AvgIpc) is 3.04. The maximum atomic E-state index is 6.62. The summed E-state index contributed by atoms with van der Waals surface area (Å²) in [6.45, 7) is 13.0. The van der Waals surface area contributed by atoms with Crippen molar-refractivity contribution in [3.63, 3.8) is 0 Å². The van der Waals surface area contributed by atoms with Crippen molar-refractivity contribution in [2.24, 2.45) is 0 Å². The van der Waals surface area contributed by atoms with E-state index in [2.05, 4.69) is 93.0 Å². The molecule has 1 heterocycles. The van der Waals surface area contributed by atoms with Crippen LogP contribution in [0.25, 0.3) is 16.8 Å². The van der Waals surface area contributed by atoms with E-state index >= 15 is 0 Å². The molecule has 148 valence electrons. The molecular formula is C24H31N3O. The standard InChI is InChI=1S/C24H31N3O/c1-23(2,3)27-22-19-14-10-9-13-18(19)20(28-24(4,5)6)15-16-11-7-8-12-17(16)21(22)25-26-27/h7-8,10-12,14,20H,9,13,15H2,1-6H3. The molecular weight excluding hydrogens is 346 g/mol. The Hall–Kier alpha value is -2.20. The van der Waals surface area contributed by atoms with Crippen molar-refractivity contribution in [1.29, 1.82) is 0 Å². The van der Waals surface area contributed by atoms with Gasteiger partial charge in [0.2, 0.25) is 0 Å². The molecule has 0 N–H and O–H groups in total. The van der Waals surface area contributed by atoms with E-state index in [0.717, 1.165) is 30.7 Å². The van der Waals surface area contributed by atoms with Gasteiger partial charge in [0.25, 0.3) is 0 Å². The predicted octanol–water partition coefficient (Wildman–Crippen LogP) is 5.54. The monoisotopic (exact) mass is 377 g/mol. The van der Waals surface area contributed by atoms with Crippen LogP contribution in [0.3, 0.4) is 0 Å². The molecule has 1 unspecified atom stereocenters. The number of rotatable bonds is 1. The van der Waals surface area contributed by atoms with Crippen molar-refractivity contribution < 1.29 is 4.74 Å². The lowest BCUT2D eigenvalue weighted by atomic mass is 9.83. The summed E-state index contributed by atoms with van der Waals surface area (Å²) in [7, 11) is 0. The fraction of sp³-hybridized carbons (Fsp3) is 0.500. The minimum atomic E-state index is -0.205. The Labute approximate surface area is 168 Å². The van der Waals surface area contributed by atoms with E-state index in [1.165, 1.54) is 22.3 Å². The molecule has 28 heavy (non-hydrogen) atoms. The lowest BCUT2D eigenvalue weighted by Gasteiger charge is -2.34. The molecule has 0 saturated heterocycles. The summed E-state index contributed by atoms with van der Waals surface area (Å²) in [4.78, 5) is 0. The zero-order valence-corrected chi connectivity index (χ0v) is 17.9.